The van der Waals surface area contributed by atoms with Crippen molar-refractivity contribution in [2.24, 2.45) is 0 Å². The summed E-state index contributed by atoms with van der Waals surface area (Å²) in [6, 6.07) is 7.40. The molecule has 2 rings (SSSR count). The van der Waals surface area contributed by atoms with Gasteiger partial charge >= 0.3 is 0 Å². The number of rotatable bonds is 5. The Morgan fingerprint density at radius 2 is 1.95 bits per heavy atom. The van der Waals surface area contributed by atoms with Crippen LogP contribution >= 0.6 is 0 Å². The van der Waals surface area contributed by atoms with Crippen LogP contribution in [-0.2, 0) is 4.79 Å². The van der Waals surface area contributed by atoms with Gasteiger partial charge in [-0.15, -0.1) is 0 Å². The van der Waals surface area contributed by atoms with Crippen LogP contribution in [0.2, 0.25) is 0 Å². The Kier molecular flexibility index (Phi) is 5.27. The van der Waals surface area contributed by atoms with Crippen molar-refractivity contribution in [2.45, 2.75) is 38.7 Å². The molecule has 1 heterocycles. The van der Waals surface area contributed by atoms with Crippen molar-refractivity contribution in [2.75, 3.05) is 20.2 Å². The van der Waals surface area contributed by atoms with E-state index < -0.39 is 6.10 Å². The lowest BCUT2D eigenvalue weighted by Gasteiger charge is -2.30. The standard InChI is InChI=1S/C16H23NO3/c1-3-15(16(18)17-10-5-4-6-11-17)20-14-9-7-8-13(12-14)19-2/h7-9,12,15H,3-6,10-11H2,1-2H3. The van der Waals surface area contributed by atoms with Gasteiger partial charge in [0.2, 0.25) is 0 Å². The Bertz CT molecular complexity index is 441. The van der Waals surface area contributed by atoms with E-state index in [-0.39, 0.29) is 5.91 Å². The zero-order chi connectivity index (χ0) is 14.4. The lowest BCUT2D eigenvalue weighted by molar-refractivity contribution is -0.139. The van der Waals surface area contributed by atoms with E-state index in [2.05, 4.69) is 0 Å². The normalized spacial score (nSPS) is 16.6. The van der Waals surface area contributed by atoms with Gasteiger partial charge in [0.25, 0.3) is 5.91 Å². The van der Waals surface area contributed by atoms with Crippen LogP contribution in [0.5, 0.6) is 11.5 Å². The number of hydrogen-bond acceptors (Lipinski definition) is 3. The summed E-state index contributed by atoms with van der Waals surface area (Å²) >= 11 is 0. The molecule has 1 saturated heterocycles. The summed E-state index contributed by atoms with van der Waals surface area (Å²) in [6.07, 6.45) is 3.69. The summed E-state index contributed by atoms with van der Waals surface area (Å²) in [4.78, 5) is 14.4. The minimum atomic E-state index is -0.403. The highest BCUT2D eigenvalue weighted by molar-refractivity contribution is 5.81. The zero-order valence-corrected chi connectivity index (χ0v) is 12.3. The van der Waals surface area contributed by atoms with E-state index in [4.69, 9.17) is 9.47 Å². The third-order valence-corrected chi connectivity index (χ3v) is 3.63. The quantitative estimate of drug-likeness (QED) is 0.830. The number of methoxy groups -OCH3 is 1. The van der Waals surface area contributed by atoms with Crippen LogP contribution in [0.4, 0.5) is 0 Å². The van der Waals surface area contributed by atoms with Crippen molar-refractivity contribution in [1.82, 2.24) is 4.90 Å². The largest absolute Gasteiger partial charge is 0.497 e. The Morgan fingerprint density at radius 1 is 1.25 bits per heavy atom. The predicted molar refractivity (Wildman–Crippen MR) is 78.1 cm³/mol. The number of nitrogens with zero attached hydrogens (tertiary/aromatic N) is 1. The number of hydrogen-bond donors (Lipinski definition) is 0. The first kappa shape index (κ1) is 14.7. The molecule has 0 spiro atoms. The van der Waals surface area contributed by atoms with Crippen molar-refractivity contribution >= 4 is 5.91 Å². The van der Waals surface area contributed by atoms with E-state index >= 15 is 0 Å². The minimum Gasteiger partial charge on any atom is -0.497 e. The van der Waals surface area contributed by atoms with Gasteiger partial charge in [0, 0.05) is 19.2 Å². The maximum absolute atomic E-state index is 12.5. The van der Waals surface area contributed by atoms with Gasteiger partial charge in [-0.25, -0.2) is 0 Å². The topological polar surface area (TPSA) is 38.8 Å². The monoisotopic (exact) mass is 277 g/mol. The minimum absolute atomic E-state index is 0.106. The summed E-state index contributed by atoms with van der Waals surface area (Å²) in [7, 11) is 1.62. The summed E-state index contributed by atoms with van der Waals surface area (Å²) in [5.41, 5.74) is 0. The third kappa shape index (κ3) is 3.65. The molecule has 4 heteroatoms. The molecule has 0 radical (unpaired) electrons. The van der Waals surface area contributed by atoms with E-state index in [1.807, 2.05) is 36.1 Å². The molecule has 1 amide bonds. The van der Waals surface area contributed by atoms with Gasteiger partial charge in [-0.05, 0) is 37.8 Å². The van der Waals surface area contributed by atoms with Crippen LogP contribution in [0.3, 0.4) is 0 Å². The number of likely N-dealkylation sites (tertiary alicyclic amines) is 1. The molecular formula is C16H23NO3. The molecule has 0 N–H and O–H groups in total. The Morgan fingerprint density at radius 3 is 2.60 bits per heavy atom. The maximum Gasteiger partial charge on any atom is 0.263 e. The zero-order valence-electron chi connectivity index (χ0n) is 12.3. The Labute approximate surface area is 120 Å². The molecule has 0 aliphatic carbocycles. The maximum atomic E-state index is 12.5. The van der Waals surface area contributed by atoms with Gasteiger partial charge in [-0.2, -0.15) is 0 Å². The molecule has 1 fully saturated rings. The SMILES string of the molecule is CCC(Oc1cccc(OC)c1)C(=O)N1CCCCC1. The second-order valence-electron chi connectivity index (χ2n) is 5.08. The fraction of sp³-hybridized carbons (Fsp3) is 0.562. The molecule has 1 aromatic carbocycles. The summed E-state index contributed by atoms with van der Waals surface area (Å²) in [5, 5.41) is 0. The number of carbonyl (C=O) groups is 1. The molecular weight excluding hydrogens is 254 g/mol. The van der Waals surface area contributed by atoms with Crippen molar-refractivity contribution in [3.63, 3.8) is 0 Å². The number of amides is 1. The number of carbonyl (C=O) groups excluding carboxylic acids is 1. The average Bonchev–Trinajstić information content (AvgIpc) is 2.53. The first-order valence-electron chi connectivity index (χ1n) is 7.34. The highest BCUT2D eigenvalue weighted by Crippen LogP contribution is 2.22. The van der Waals surface area contributed by atoms with E-state index in [9.17, 15) is 4.79 Å². The first-order valence-corrected chi connectivity index (χ1v) is 7.34. The Hall–Kier alpha value is -1.71. The van der Waals surface area contributed by atoms with Crippen LogP contribution in [0.15, 0.2) is 24.3 Å². The molecule has 0 bridgehead atoms. The molecule has 110 valence electrons. The molecule has 1 atom stereocenters. The van der Waals surface area contributed by atoms with Crippen molar-refractivity contribution in [1.29, 1.82) is 0 Å². The van der Waals surface area contributed by atoms with Crippen LogP contribution in [0.25, 0.3) is 0 Å². The lowest BCUT2D eigenvalue weighted by Crippen LogP contribution is -2.44. The van der Waals surface area contributed by atoms with E-state index in [0.717, 1.165) is 31.7 Å². The highest BCUT2D eigenvalue weighted by atomic mass is 16.5. The Balaban J connectivity index is 2.01. The molecule has 1 aliphatic heterocycles. The molecule has 0 saturated carbocycles. The van der Waals surface area contributed by atoms with Crippen LogP contribution < -0.4 is 9.47 Å². The second-order valence-corrected chi connectivity index (χ2v) is 5.08. The van der Waals surface area contributed by atoms with Gasteiger partial charge in [-0.3, -0.25) is 4.79 Å². The van der Waals surface area contributed by atoms with Gasteiger partial charge in [0.05, 0.1) is 7.11 Å². The van der Waals surface area contributed by atoms with E-state index in [0.29, 0.717) is 12.2 Å². The third-order valence-electron chi connectivity index (χ3n) is 3.63. The molecule has 20 heavy (non-hydrogen) atoms. The van der Waals surface area contributed by atoms with Gasteiger partial charge in [0.1, 0.15) is 11.5 Å². The molecule has 0 aromatic heterocycles. The van der Waals surface area contributed by atoms with E-state index in [1.54, 1.807) is 7.11 Å². The van der Waals surface area contributed by atoms with Crippen molar-refractivity contribution in [3.8, 4) is 11.5 Å². The first-order chi connectivity index (χ1) is 9.74. The average molecular weight is 277 g/mol. The van der Waals surface area contributed by atoms with Crippen LogP contribution in [0.1, 0.15) is 32.6 Å². The van der Waals surface area contributed by atoms with Crippen LogP contribution in [-0.4, -0.2) is 37.1 Å². The second kappa shape index (κ2) is 7.17. The smallest absolute Gasteiger partial charge is 0.263 e. The predicted octanol–water partition coefficient (Wildman–Crippen LogP) is 2.87. The van der Waals surface area contributed by atoms with Crippen LogP contribution in [0, 0.1) is 0 Å². The van der Waals surface area contributed by atoms with Gasteiger partial charge < -0.3 is 14.4 Å². The fourth-order valence-electron chi connectivity index (χ4n) is 2.47. The molecule has 1 unspecified atom stereocenters. The van der Waals surface area contributed by atoms with Crippen molar-refractivity contribution < 1.29 is 14.3 Å². The van der Waals surface area contributed by atoms with Crippen molar-refractivity contribution in [3.05, 3.63) is 24.3 Å². The number of ether oxygens (including phenoxy) is 2. The summed E-state index contributed by atoms with van der Waals surface area (Å²) < 4.78 is 11.0. The molecule has 1 aliphatic rings. The number of benzene rings is 1. The summed E-state index contributed by atoms with van der Waals surface area (Å²) in [5.74, 6) is 1.53. The van der Waals surface area contributed by atoms with Gasteiger partial charge in [-0.1, -0.05) is 13.0 Å². The molecule has 1 aromatic rings. The lowest BCUT2D eigenvalue weighted by atomic mass is 10.1. The van der Waals surface area contributed by atoms with Gasteiger partial charge in [0.15, 0.2) is 6.10 Å². The number of piperidine rings is 1. The molecule has 4 nitrogen and oxygen atoms in total. The fourth-order valence-corrected chi connectivity index (χ4v) is 2.47. The highest BCUT2D eigenvalue weighted by Gasteiger charge is 2.25. The van der Waals surface area contributed by atoms with E-state index in [1.165, 1.54) is 6.42 Å². The summed E-state index contributed by atoms with van der Waals surface area (Å²) in [6.45, 7) is 3.69.